The van der Waals surface area contributed by atoms with Crippen LogP contribution >= 0.6 is 0 Å². The summed E-state index contributed by atoms with van der Waals surface area (Å²) in [6, 6.07) is 4.13. The van der Waals surface area contributed by atoms with Gasteiger partial charge < -0.3 is 5.11 Å². The van der Waals surface area contributed by atoms with Crippen molar-refractivity contribution in [2.45, 2.75) is 12.4 Å². The lowest BCUT2D eigenvalue weighted by Gasteiger charge is -2.15. The smallest absolute Gasteiger partial charge is 0.335 e. The number of hydrogen-bond acceptors (Lipinski definition) is 3. The van der Waals surface area contributed by atoms with E-state index in [4.69, 9.17) is 5.11 Å². The number of rotatable bonds is 4. The van der Waals surface area contributed by atoms with Crippen LogP contribution in [0.15, 0.2) is 24.3 Å². The number of carboxylic acid groups (broad SMARTS) is 1. The number of anilines is 1. The summed E-state index contributed by atoms with van der Waals surface area (Å²) in [5, 5.41) is 8.64. The lowest BCUT2D eigenvalue weighted by Crippen LogP contribution is -2.29. The van der Waals surface area contributed by atoms with Gasteiger partial charge in [0.25, 0.3) is 10.0 Å². The summed E-state index contributed by atoms with van der Waals surface area (Å²) >= 11 is 0. The molecule has 0 aliphatic heterocycles. The van der Waals surface area contributed by atoms with Gasteiger partial charge in [-0.2, -0.15) is 0 Å². The van der Waals surface area contributed by atoms with Crippen LogP contribution in [-0.4, -0.2) is 25.0 Å². The van der Waals surface area contributed by atoms with Crippen molar-refractivity contribution >= 4 is 21.7 Å². The molecule has 0 spiro atoms. The number of benzene rings is 1. The maximum atomic E-state index is 13.4. The van der Waals surface area contributed by atoms with Crippen LogP contribution in [0.25, 0.3) is 0 Å². The lowest BCUT2D eigenvalue weighted by atomic mass is 10.2. The fourth-order valence-corrected chi connectivity index (χ4v) is 1.69. The summed E-state index contributed by atoms with van der Waals surface area (Å²) in [7, 11) is -4.77. The molecule has 0 aromatic heterocycles. The standard InChI is InChI=1S/C9H9F2NO4S/c1-6(10)17(15,16)12(11)8-4-2-3-7(5-8)9(13)14/h2-6H,1H3,(H,13,14). The first-order valence-electron chi connectivity index (χ1n) is 4.44. The molecule has 0 radical (unpaired) electrons. The normalized spacial score (nSPS) is 13.1. The van der Waals surface area contributed by atoms with Crippen LogP contribution in [-0.2, 0) is 10.0 Å². The Kier molecular flexibility index (Phi) is 3.66. The summed E-state index contributed by atoms with van der Waals surface area (Å²) < 4.78 is 47.6. The molecule has 0 amide bonds. The van der Waals surface area contributed by atoms with E-state index in [1.807, 2.05) is 0 Å². The fourth-order valence-electron chi connectivity index (χ4n) is 1.02. The lowest BCUT2D eigenvalue weighted by molar-refractivity contribution is 0.0697. The van der Waals surface area contributed by atoms with Gasteiger partial charge in [-0.3, -0.25) is 0 Å². The Bertz CT molecular complexity index is 530. The molecule has 17 heavy (non-hydrogen) atoms. The summed E-state index contributed by atoms with van der Waals surface area (Å²) in [6.45, 7) is 0.670. The van der Waals surface area contributed by atoms with Crippen molar-refractivity contribution in [3.63, 3.8) is 0 Å². The number of carboxylic acids is 1. The van der Waals surface area contributed by atoms with E-state index in [2.05, 4.69) is 0 Å². The van der Waals surface area contributed by atoms with E-state index in [0.29, 0.717) is 6.92 Å². The monoisotopic (exact) mass is 265 g/mol. The number of aromatic carboxylic acids is 1. The van der Waals surface area contributed by atoms with Crippen molar-refractivity contribution < 1.29 is 27.2 Å². The van der Waals surface area contributed by atoms with Crippen LogP contribution < -0.4 is 4.53 Å². The van der Waals surface area contributed by atoms with Gasteiger partial charge in [0.1, 0.15) is 0 Å². The highest BCUT2D eigenvalue weighted by Crippen LogP contribution is 2.22. The summed E-state index contributed by atoms with van der Waals surface area (Å²) in [5.41, 5.74) is -3.29. The van der Waals surface area contributed by atoms with Crippen molar-refractivity contribution in [1.29, 1.82) is 0 Å². The molecule has 94 valence electrons. The molecule has 0 saturated carbocycles. The number of hydrogen-bond donors (Lipinski definition) is 1. The average molecular weight is 265 g/mol. The number of alkyl halides is 1. The van der Waals surface area contributed by atoms with Crippen LogP contribution in [0.3, 0.4) is 0 Å². The van der Waals surface area contributed by atoms with E-state index >= 15 is 0 Å². The van der Waals surface area contributed by atoms with Crippen LogP contribution in [0.1, 0.15) is 17.3 Å². The molecule has 1 N–H and O–H groups in total. The third kappa shape index (κ3) is 2.70. The maximum Gasteiger partial charge on any atom is 0.335 e. The molecule has 0 aliphatic rings. The predicted octanol–water partition coefficient (Wildman–Crippen LogP) is 1.72. The second-order valence-electron chi connectivity index (χ2n) is 3.16. The number of halogens is 2. The van der Waals surface area contributed by atoms with Crippen molar-refractivity contribution in [1.82, 2.24) is 0 Å². The van der Waals surface area contributed by atoms with Crippen LogP contribution in [0.4, 0.5) is 14.6 Å². The van der Waals surface area contributed by atoms with Crippen molar-refractivity contribution in [3.05, 3.63) is 29.8 Å². The molecule has 0 heterocycles. The SMILES string of the molecule is CC(F)S(=O)(=O)N(F)c1cccc(C(=O)O)c1. The van der Waals surface area contributed by atoms with E-state index in [1.54, 1.807) is 0 Å². The van der Waals surface area contributed by atoms with E-state index in [9.17, 15) is 22.1 Å². The number of sulfonamides is 1. The molecule has 1 aromatic carbocycles. The Labute approximate surface area is 96.3 Å². The van der Waals surface area contributed by atoms with Gasteiger partial charge in [0, 0.05) is 0 Å². The van der Waals surface area contributed by atoms with E-state index in [0.717, 1.165) is 24.3 Å². The van der Waals surface area contributed by atoms with Gasteiger partial charge in [0.05, 0.1) is 11.3 Å². The predicted molar refractivity (Wildman–Crippen MR) is 56.5 cm³/mol. The Balaban J connectivity index is 3.18. The van der Waals surface area contributed by atoms with Crippen LogP contribution in [0, 0.1) is 0 Å². The Hall–Kier alpha value is -1.70. The second-order valence-corrected chi connectivity index (χ2v) is 5.16. The molecule has 5 nitrogen and oxygen atoms in total. The highest BCUT2D eigenvalue weighted by Gasteiger charge is 2.29. The summed E-state index contributed by atoms with van der Waals surface area (Å²) in [6.07, 6.45) is 0. The minimum atomic E-state index is -4.77. The first-order valence-corrected chi connectivity index (χ1v) is 5.94. The largest absolute Gasteiger partial charge is 0.478 e. The van der Waals surface area contributed by atoms with Gasteiger partial charge in [-0.05, 0) is 25.1 Å². The Morgan fingerprint density at radius 2 is 2.06 bits per heavy atom. The Morgan fingerprint density at radius 3 is 2.53 bits per heavy atom. The molecule has 0 fully saturated rings. The molecule has 1 atom stereocenters. The zero-order chi connectivity index (χ0) is 13.2. The minimum absolute atomic E-state index is 0.299. The van der Waals surface area contributed by atoms with Gasteiger partial charge >= 0.3 is 5.97 Å². The maximum absolute atomic E-state index is 13.4. The molecule has 0 saturated heterocycles. The third-order valence-electron chi connectivity index (χ3n) is 1.93. The molecule has 1 unspecified atom stereocenters. The van der Waals surface area contributed by atoms with Crippen molar-refractivity contribution in [2.75, 3.05) is 4.53 Å². The zero-order valence-corrected chi connectivity index (χ0v) is 9.49. The van der Waals surface area contributed by atoms with Crippen LogP contribution in [0.2, 0.25) is 0 Å². The van der Waals surface area contributed by atoms with Crippen LogP contribution in [0.5, 0.6) is 0 Å². The molecule has 8 heteroatoms. The summed E-state index contributed by atoms with van der Waals surface area (Å²) in [4.78, 5) is 10.6. The van der Waals surface area contributed by atoms with Gasteiger partial charge in [-0.25, -0.2) is 17.6 Å². The van der Waals surface area contributed by atoms with Gasteiger partial charge in [-0.15, -0.1) is 0 Å². The zero-order valence-electron chi connectivity index (χ0n) is 8.67. The molecular formula is C9H9F2NO4S. The molecule has 0 aliphatic carbocycles. The Morgan fingerprint density at radius 1 is 1.47 bits per heavy atom. The molecule has 1 rings (SSSR count). The fraction of sp³-hybridized carbons (Fsp3) is 0.222. The average Bonchev–Trinajstić information content (AvgIpc) is 2.27. The van der Waals surface area contributed by atoms with E-state index in [1.165, 1.54) is 0 Å². The number of nitrogens with zero attached hydrogens (tertiary/aromatic N) is 1. The highest BCUT2D eigenvalue weighted by molar-refractivity contribution is 7.93. The van der Waals surface area contributed by atoms with Gasteiger partial charge in [-0.1, -0.05) is 15.1 Å². The third-order valence-corrected chi connectivity index (χ3v) is 3.41. The number of carbonyl (C=O) groups is 1. The summed E-state index contributed by atoms with van der Waals surface area (Å²) in [5.74, 6) is -1.34. The van der Waals surface area contributed by atoms with Gasteiger partial charge in [0.15, 0.2) is 0 Å². The van der Waals surface area contributed by atoms with E-state index in [-0.39, 0.29) is 5.56 Å². The molecular weight excluding hydrogens is 256 g/mol. The molecule has 0 bridgehead atoms. The van der Waals surface area contributed by atoms with Gasteiger partial charge in [0.2, 0.25) is 5.50 Å². The quantitative estimate of drug-likeness (QED) is 0.841. The topological polar surface area (TPSA) is 74.7 Å². The molecule has 1 aromatic rings. The van der Waals surface area contributed by atoms with Crippen molar-refractivity contribution in [3.8, 4) is 0 Å². The van der Waals surface area contributed by atoms with E-state index < -0.39 is 31.7 Å². The first kappa shape index (κ1) is 13.4. The first-order chi connectivity index (χ1) is 7.76. The highest BCUT2D eigenvalue weighted by atomic mass is 32.2. The minimum Gasteiger partial charge on any atom is -0.478 e. The second kappa shape index (κ2) is 4.66. The van der Waals surface area contributed by atoms with Crippen molar-refractivity contribution in [2.24, 2.45) is 0 Å².